The van der Waals surface area contributed by atoms with Crippen LogP contribution in [-0.4, -0.2) is 9.55 Å². The van der Waals surface area contributed by atoms with Crippen molar-refractivity contribution < 1.29 is 0 Å². The Balaban J connectivity index is 1.34. The van der Waals surface area contributed by atoms with Crippen LogP contribution in [0.1, 0.15) is 0 Å². The van der Waals surface area contributed by atoms with E-state index in [4.69, 9.17) is 0 Å². The predicted octanol–water partition coefficient (Wildman–Crippen LogP) is 10.8. The summed E-state index contributed by atoms with van der Waals surface area (Å²) >= 11 is 0. The third kappa shape index (κ3) is 3.57. The molecule has 0 spiro atoms. The van der Waals surface area contributed by atoms with Crippen LogP contribution < -0.4 is 0 Å². The lowest BCUT2D eigenvalue weighted by molar-refractivity contribution is 1.17. The SMILES string of the molecule is c1cc(-c2cccc3c2-c2ccccc2-c2ccccc2-c2ccccc2-3)cc(-n2c3ccccc3c3cnccc32)c1. The molecule has 0 bridgehead atoms. The van der Waals surface area contributed by atoms with Crippen LogP contribution in [0.15, 0.2) is 158 Å². The molecule has 0 saturated heterocycles. The molecule has 200 valence electrons. The third-order valence-corrected chi connectivity index (χ3v) is 8.87. The van der Waals surface area contributed by atoms with Crippen LogP contribution in [-0.2, 0) is 0 Å². The molecule has 9 rings (SSSR count). The largest absolute Gasteiger partial charge is 0.309 e. The van der Waals surface area contributed by atoms with Gasteiger partial charge in [-0.25, -0.2) is 0 Å². The zero-order chi connectivity index (χ0) is 28.3. The van der Waals surface area contributed by atoms with Crippen molar-refractivity contribution in [1.82, 2.24) is 9.55 Å². The van der Waals surface area contributed by atoms with Gasteiger partial charge in [-0.05, 0) is 79.9 Å². The minimum absolute atomic E-state index is 1.14. The molecular formula is C41H26N2. The van der Waals surface area contributed by atoms with E-state index in [1.54, 1.807) is 0 Å². The fourth-order valence-corrected chi connectivity index (χ4v) is 7.06. The molecule has 8 aromatic rings. The van der Waals surface area contributed by atoms with E-state index >= 15 is 0 Å². The molecule has 2 heteroatoms. The second-order valence-electron chi connectivity index (χ2n) is 11.2. The Morgan fingerprint density at radius 1 is 0.395 bits per heavy atom. The Hall–Kier alpha value is -5.73. The maximum absolute atomic E-state index is 4.44. The normalized spacial score (nSPS) is 11.7. The molecule has 0 saturated carbocycles. The van der Waals surface area contributed by atoms with Crippen molar-refractivity contribution in [3.63, 3.8) is 0 Å². The van der Waals surface area contributed by atoms with Crippen LogP contribution in [0.2, 0.25) is 0 Å². The number of pyridine rings is 1. The number of aromatic nitrogens is 2. The first kappa shape index (κ1) is 23.9. The quantitative estimate of drug-likeness (QED) is 0.211. The van der Waals surface area contributed by atoms with Crippen molar-refractivity contribution >= 4 is 21.8 Å². The fourth-order valence-electron chi connectivity index (χ4n) is 7.06. The number of rotatable bonds is 2. The van der Waals surface area contributed by atoms with E-state index < -0.39 is 0 Å². The number of nitrogens with zero attached hydrogens (tertiary/aromatic N) is 2. The molecule has 0 amide bonds. The monoisotopic (exact) mass is 546 g/mol. The molecule has 0 atom stereocenters. The minimum atomic E-state index is 1.14. The van der Waals surface area contributed by atoms with Crippen LogP contribution in [0.25, 0.3) is 83.1 Å². The first-order valence-electron chi connectivity index (χ1n) is 14.7. The molecule has 2 aromatic heterocycles. The molecule has 1 aliphatic rings. The standard InChI is InChI=1S/C41H26N2/c1-2-14-31-30(13-1)32-15-3-4-16-34(32)37-21-10-20-29(41(37)36-19-6-5-17-33(31)36)27-11-9-12-28(25-27)43-39-22-8-7-18-35(39)38-26-42-24-23-40(38)43/h1-26H. The topological polar surface area (TPSA) is 17.8 Å². The van der Waals surface area contributed by atoms with Crippen molar-refractivity contribution in [3.8, 4) is 61.3 Å². The number of hydrogen-bond donors (Lipinski definition) is 0. The molecule has 0 fully saturated rings. The Kier molecular flexibility index (Phi) is 5.23. The summed E-state index contributed by atoms with van der Waals surface area (Å²) in [4.78, 5) is 4.44. The Morgan fingerprint density at radius 2 is 0.930 bits per heavy atom. The molecule has 6 aromatic carbocycles. The van der Waals surface area contributed by atoms with Crippen molar-refractivity contribution in [2.75, 3.05) is 0 Å². The lowest BCUT2D eigenvalue weighted by Gasteiger charge is -2.25. The van der Waals surface area contributed by atoms with Crippen LogP contribution in [0, 0.1) is 0 Å². The summed E-state index contributed by atoms with van der Waals surface area (Å²) in [5, 5.41) is 2.38. The van der Waals surface area contributed by atoms with Crippen molar-refractivity contribution in [2.45, 2.75) is 0 Å². The maximum Gasteiger partial charge on any atom is 0.0571 e. The maximum atomic E-state index is 4.44. The summed E-state index contributed by atoms with van der Waals surface area (Å²) in [6.45, 7) is 0. The van der Waals surface area contributed by atoms with Gasteiger partial charge >= 0.3 is 0 Å². The van der Waals surface area contributed by atoms with E-state index in [2.05, 4.69) is 155 Å². The van der Waals surface area contributed by atoms with Gasteiger partial charge in [0.25, 0.3) is 0 Å². The molecule has 2 heterocycles. The van der Waals surface area contributed by atoms with Gasteiger partial charge in [-0.2, -0.15) is 0 Å². The minimum Gasteiger partial charge on any atom is -0.309 e. The molecule has 0 unspecified atom stereocenters. The second kappa shape index (κ2) is 9.40. The zero-order valence-corrected chi connectivity index (χ0v) is 23.4. The third-order valence-electron chi connectivity index (χ3n) is 8.87. The highest BCUT2D eigenvalue weighted by molar-refractivity contribution is 6.09. The molecule has 1 aliphatic carbocycles. The molecule has 0 radical (unpaired) electrons. The molecule has 2 nitrogen and oxygen atoms in total. The zero-order valence-electron chi connectivity index (χ0n) is 23.4. The van der Waals surface area contributed by atoms with Gasteiger partial charge < -0.3 is 4.57 Å². The van der Waals surface area contributed by atoms with Gasteiger partial charge in [-0.15, -0.1) is 0 Å². The van der Waals surface area contributed by atoms with Gasteiger partial charge in [0.2, 0.25) is 0 Å². The van der Waals surface area contributed by atoms with Gasteiger partial charge in [-0.1, -0.05) is 121 Å². The average Bonchev–Trinajstić information content (AvgIpc) is 3.42. The highest BCUT2D eigenvalue weighted by atomic mass is 15.0. The highest BCUT2D eigenvalue weighted by Crippen LogP contribution is 2.50. The van der Waals surface area contributed by atoms with E-state index in [-0.39, 0.29) is 0 Å². The van der Waals surface area contributed by atoms with E-state index in [9.17, 15) is 0 Å². The van der Waals surface area contributed by atoms with Gasteiger partial charge in [0.15, 0.2) is 0 Å². The Morgan fingerprint density at radius 3 is 1.67 bits per heavy atom. The van der Waals surface area contributed by atoms with Crippen LogP contribution >= 0.6 is 0 Å². The van der Waals surface area contributed by atoms with Crippen LogP contribution in [0.5, 0.6) is 0 Å². The number of fused-ring (bicyclic) bond motifs is 11. The molecule has 0 aliphatic heterocycles. The summed E-state index contributed by atoms with van der Waals surface area (Å²) in [6.07, 6.45) is 3.86. The fraction of sp³-hybridized carbons (Fsp3) is 0. The van der Waals surface area contributed by atoms with Gasteiger partial charge in [-0.3, -0.25) is 4.98 Å². The number of hydrogen-bond acceptors (Lipinski definition) is 1. The average molecular weight is 547 g/mol. The lowest BCUT2D eigenvalue weighted by atomic mass is 9.78. The summed E-state index contributed by atoms with van der Waals surface area (Å²) in [5.74, 6) is 0. The number of para-hydroxylation sites is 1. The van der Waals surface area contributed by atoms with Crippen molar-refractivity contribution in [2.24, 2.45) is 0 Å². The Labute approximate surface area is 250 Å². The summed E-state index contributed by atoms with van der Waals surface area (Å²) < 4.78 is 2.36. The predicted molar refractivity (Wildman–Crippen MR) is 179 cm³/mol. The van der Waals surface area contributed by atoms with Crippen molar-refractivity contribution in [3.05, 3.63) is 158 Å². The van der Waals surface area contributed by atoms with Crippen LogP contribution in [0.4, 0.5) is 0 Å². The second-order valence-corrected chi connectivity index (χ2v) is 11.2. The molecule has 0 N–H and O–H groups in total. The molecular weight excluding hydrogens is 520 g/mol. The molecule has 43 heavy (non-hydrogen) atoms. The number of benzene rings is 6. The Bertz CT molecular complexity index is 2300. The van der Waals surface area contributed by atoms with Gasteiger partial charge in [0.05, 0.1) is 11.0 Å². The first-order chi connectivity index (χ1) is 21.4. The highest BCUT2D eigenvalue weighted by Gasteiger charge is 2.24. The van der Waals surface area contributed by atoms with E-state index in [0.717, 1.165) is 16.6 Å². The summed E-state index contributed by atoms with van der Waals surface area (Å²) in [5.41, 5.74) is 16.0. The van der Waals surface area contributed by atoms with Crippen molar-refractivity contribution in [1.29, 1.82) is 0 Å². The van der Waals surface area contributed by atoms with Crippen LogP contribution in [0.3, 0.4) is 0 Å². The van der Waals surface area contributed by atoms with E-state index in [1.165, 1.54) is 66.5 Å². The lowest BCUT2D eigenvalue weighted by Crippen LogP contribution is -1.99. The first-order valence-corrected chi connectivity index (χ1v) is 14.7. The van der Waals surface area contributed by atoms with E-state index in [0.29, 0.717) is 0 Å². The summed E-state index contributed by atoms with van der Waals surface area (Å²) in [6, 6.07) is 53.0. The van der Waals surface area contributed by atoms with E-state index in [1.807, 2.05) is 12.4 Å². The van der Waals surface area contributed by atoms with Gasteiger partial charge in [0, 0.05) is 28.9 Å². The smallest absolute Gasteiger partial charge is 0.0571 e. The summed E-state index contributed by atoms with van der Waals surface area (Å²) in [7, 11) is 0. The van der Waals surface area contributed by atoms with Gasteiger partial charge in [0.1, 0.15) is 0 Å².